The molecular weight excluding hydrogens is 395 g/mol. The molecular formula is C18H12Cl2N2O3S. The quantitative estimate of drug-likeness (QED) is 0.477. The number of carbonyl (C=O) groups excluding carboxylic acids is 2. The smallest absolute Gasteiger partial charge is 0.270 e. The summed E-state index contributed by atoms with van der Waals surface area (Å²) in [6, 6.07) is 11.5. The molecule has 0 aliphatic carbocycles. The first kappa shape index (κ1) is 18.4. The molecule has 0 bridgehead atoms. The van der Waals surface area contributed by atoms with E-state index < -0.39 is 11.8 Å². The Balaban J connectivity index is 1.99. The molecule has 2 aromatic rings. The van der Waals surface area contributed by atoms with Crippen LogP contribution < -0.4 is 15.0 Å². The van der Waals surface area contributed by atoms with Crippen LogP contribution in [0.25, 0.3) is 6.08 Å². The van der Waals surface area contributed by atoms with Gasteiger partial charge in [-0.25, -0.2) is 0 Å². The van der Waals surface area contributed by atoms with Gasteiger partial charge in [-0.05, 0) is 60.3 Å². The molecule has 26 heavy (non-hydrogen) atoms. The van der Waals surface area contributed by atoms with E-state index in [9.17, 15) is 9.59 Å². The molecule has 0 radical (unpaired) electrons. The summed E-state index contributed by atoms with van der Waals surface area (Å²) in [5.41, 5.74) is 1.02. The number of nitrogens with one attached hydrogen (secondary N) is 1. The second-order valence-electron chi connectivity index (χ2n) is 5.33. The molecule has 0 spiro atoms. The monoisotopic (exact) mass is 406 g/mol. The van der Waals surface area contributed by atoms with Crippen molar-refractivity contribution in [3.8, 4) is 5.75 Å². The molecule has 1 N–H and O–H groups in total. The molecule has 1 saturated heterocycles. The van der Waals surface area contributed by atoms with Gasteiger partial charge in [0.15, 0.2) is 5.11 Å². The third kappa shape index (κ3) is 3.58. The topological polar surface area (TPSA) is 58.6 Å². The fourth-order valence-electron chi connectivity index (χ4n) is 2.42. The van der Waals surface area contributed by atoms with E-state index >= 15 is 0 Å². The number of hydrogen-bond acceptors (Lipinski definition) is 4. The lowest BCUT2D eigenvalue weighted by Gasteiger charge is -2.29. The number of halogens is 2. The molecule has 1 aliphatic heterocycles. The summed E-state index contributed by atoms with van der Waals surface area (Å²) in [5.74, 6) is -0.609. The van der Waals surface area contributed by atoms with E-state index in [2.05, 4.69) is 5.32 Å². The summed E-state index contributed by atoms with van der Waals surface area (Å²) in [6.45, 7) is 0. The van der Waals surface area contributed by atoms with E-state index in [4.69, 9.17) is 40.2 Å². The first-order chi connectivity index (χ1) is 12.4. The predicted molar refractivity (Wildman–Crippen MR) is 106 cm³/mol. The van der Waals surface area contributed by atoms with E-state index in [1.165, 1.54) is 18.1 Å². The number of benzene rings is 2. The van der Waals surface area contributed by atoms with Crippen LogP contribution in [0.15, 0.2) is 48.0 Å². The first-order valence-corrected chi connectivity index (χ1v) is 8.57. The average molecular weight is 407 g/mol. The molecule has 0 unspecified atom stereocenters. The zero-order valence-corrected chi connectivity index (χ0v) is 15.8. The molecule has 3 rings (SSSR count). The van der Waals surface area contributed by atoms with Crippen molar-refractivity contribution in [1.82, 2.24) is 5.32 Å². The Labute approximate surface area is 165 Å². The molecule has 8 heteroatoms. The molecule has 0 saturated carbocycles. The van der Waals surface area contributed by atoms with Gasteiger partial charge in [-0.3, -0.25) is 19.8 Å². The van der Waals surface area contributed by atoms with Gasteiger partial charge in [-0.15, -0.1) is 0 Å². The minimum Gasteiger partial charge on any atom is -0.495 e. The first-order valence-electron chi connectivity index (χ1n) is 7.41. The lowest BCUT2D eigenvalue weighted by atomic mass is 10.1. The number of amides is 2. The fourth-order valence-corrected chi connectivity index (χ4v) is 3.09. The second-order valence-corrected chi connectivity index (χ2v) is 6.56. The number of carbonyl (C=O) groups is 2. The predicted octanol–water partition coefficient (Wildman–Crippen LogP) is 3.83. The van der Waals surface area contributed by atoms with Gasteiger partial charge in [0.1, 0.15) is 11.3 Å². The highest BCUT2D eigenvalue weighted by molar-refractivity contribution is 7.80. The Morgan fingerprint density at radius 3 is 2.42 bits per heavy atom. The van der Waals surface area contributed by atoms with Crippen LogP contribution >= 0.6 is 35.4 Å². The molecule has 0 atom stereocenters. The van der Waals surface area contributed by atoms with Crippen molar-refractivity contribution in [3.63, 3.8) is 0 Å². The zero-order chi connectivity index (χ0) is 18.8. The largest absolute Gasteiger partial charge is 0.495 e. The Hall–Kier alpha value is -2.41. The van der Waals surface area contributed by atoms with Crippen LogP contribution in [0.5, 0.6) is 5.75 Å². The van der Waals surface area contributed by atoms with E-state index in [0.717, 1.165) is 0 Å². The highest BCUT2D eigenvalue weighted by Crippen LogP contribution is 2.27. The maximum atomic E-state index is 12.9. The Kier molecular flexibility index (Phi) is 5.27. The Morgan fingerprint density at radius 1 is 1.12 bits per heavy atom. The Morgan fingerprint density at radius 2 is 1.81 bits per heavy atom. The van der Waals surface area contributed by atoms with Crippen LogP contribution in [0.4, 0.5) is 5.69 Å². The van der Waals surface area contributed by atoms with Crippen LogP contribution in [0.3, 0.4) is 0 Å². The van der Waals surface area contributed by atoms with Crippen LogP contribution in [0.1, 0.15) is 5.56 Å². The van der Waals surface area contributed by atoms with Crippen molar-refractivity contribution < 1.29 is 14.3 Å². The molecule has 1 aliphatic rings. The lowest BCUT2D eigenvalue weighted by Crippen LogP contribution is -2.54. The molecule has 5 nitrogen and oxygen atoms in total. The van der Waals surface area contributed by atoms with Gasteiger partial charge in [-0.1, -0.05) is 29.3 Å². The summed E-state index contributed by atoms with van der Waals surface area (Å²) >= 11 is 17.1. The van der Waals surface area contributed by atoms with Gasteiger partial charge in [-0.2, -0.15) is 0 Å². The van der Waals surface area contributed by atoms with Crippen molar-refractivity contribution >= 4 is 64.1 Å². The SMILES string of the molecule is COc1ccc(/C=C2\C(=O)NC(=S)N(c3ccc(Cl)cc3)C2=O)cc1Cl. The molecule has 2 aromatic carbocycles. The van der Waals surface area contributed by atoms with Crippen LogP contribution in [0.2, 0.25) is 10.0 Å². The number of anilines is 1. The average Bonchev–Trinajstić information content (AvgIpc) is 2.60. The second kappa shape index (κ2) is 7.45. The van der Waals surface area contributed by atoms with E-state index in [1.807, 2.05) is 0 Å². The zero-order valence-electron chi connectivity index (χ0n) is 13.5. The summed E-state index contributed by atoms with van der Waals surface area (Å²) in [4.78, 5) is 26.4. The minimum absolute atomic E-state index is 0.00670. The van der Waals surface area contributed by atoms with E-state index in [1.54, 1.807) is 42.5 Å². The number of thiocarbonyl (C=S) groups is 1. The minimum atomic E-state index is -0.572. The molecule has 132 valence electrons. The standard InChI is InChI=1S/C18H12Cl2N2O3S/c1-25-15-7-2-10(9-14(15)20)8-13-16(23)21-18(26)22(17(13)24)12-5-3-11(19)4-6-12/h2-9H,1H3,(H,21,23,26)/b13-8+. The van der Waals surface area contributed by atoms with Crippen LogP contribution in [-0.4, -0.2) is 24.0 Å². The van der Waals surface area contributed by atoms with E-state index in [-0.39, 0.29) is 10.7 Å². The number of rotatable bonds is 3. The Bertz CT molecular complexity index is 942. The molecule has 1 fully saturated rings. The number of hydrogen-bond donors (Lipinski definition) is 1. The van der Waals surface area contributed by atoms with Crippen molar-refractivity contribution in [1.29, 1.82) is 0 Å². The van der Waals surface area contributed by atoms with Gasteiger partial charge in [0.05, 0.1) is 17.8 Å². The summed E-state index contributed by atoms with van der Waals surface area (Å²) in [7, 11) is 1.50. The molecule has 0 aromatic heterocycles. The van der Waals surface area contributed by atoms with Gasteiger partial charge >= 0.3 is 0 Å². The highest BCUT2D eigenvalue weighted by Gasteiger charge is 2.34. The fraction of sp³-hybridized carbons (Fsp3) is 0.0556. The normalized spacial score (nSPS) is 16.0. The van der Waals surface area contributed by atoms with Gasteiger partial charge in [0.2, 0.25) is 0 Å². The molecule has 2 amide bonds. The third-order valence-corrected chi connectivity index (χ3v) is 4.51. The summed E-state index contributed by atoms with van der Waals surface area (Å²) in [6.07, 6.45) is 1.45. The number of methoxy groups -OCH3 is 1. The maximum absolute atomic E-state index is 12.9. The van der Waals surface area contributed by atoms with Gasteiger partial charge < -0.3 is 4.74 Å². The number of nitrogens with zero attached hydrogens (tertiary/aromatic N) is 1. The third-order valence-electron chi connectivity index (χ3n) is 3.67. The van der Waals surface area contributed by atoms with Crippen molar-refractivity contribution in [3.05, 3.63) is 63.6 Å². The van der Waals surface area contributed by atoms with Gasteiger partial charge in [0, 0.05) is 5.02 Å². The van der Waals surface area contributed by atoms with Crippen molar-refractivity contribution in [2.75, 3.05) is 12.0 Å². The van der Waals surface area contributed by atoms with Crippen molar-refractivity contribution in [2.24, 2.45) is 0 Å². The lowest BCUT2D eigenvalue weighted by molar-refractivity contribution is -0.122. The van der Waals surface area contributed by atoms with Crippen LogP contribution in [-0.2, 0) is 9.59 Å². The highest BCUT2D eigenvalue weighted by atomic mass is 35.5. The van der Waals surface area contributed by atoms with Gasteiger partial charge in [0.25, 0.3) is 11.8 Å². The van der Waals surface area contributed by atoms with Crippen molar-refractivity contribution in [2.45, 2.75) is 0 Å². The molecule has 1 heterocycles. The van der Waals surface area contributed by atoms with Crippen LogP contribution in [0, 0.1) is 0 Å². The number of ether oxygens (including phenoxy) is 1. The summed E-state index contributed by atoms with van der Waals surface area (Å²) < 4.78 is 5.10. The van der Waals surface area contributed by atoms with E-state index in [0.29, 0.717) is 27.0 Å². The summed E-state index contributed by atoms with van der Waals surface area (Å²) in [5, 5.41) is 3.42. The maximum Gasteiger partial charge on any atom is 0.270 e.